The van der Waals surface area contributed by atoms with Gasteiger partial charge in [0.25, 0.3) is 0 Å². The molecule has 0 saturated heterocycles. The number of aromatic amines is 1. The molecule has 0 aliphatic heterocycles. The van der Waals surface area contributed by atoms with Crippen molar-refractivity contribution < 1.29 is 0 Å². The molecule has 0 amide bonds. The number of nitrogens with two attached hydrogens (primary N) is 1. The van der Waals surface area contributed by atoms with Crippen LogP contribution in [-0.2, 0) is 0 Å². The first kappa shape index (κ1) is 8.36. The molecular weight excluding hydrogens is 184 g/mol. The molecule has 15 heavy (non-hydrogen) atoms. The predicted molar refractivity (Wildman–Crippen MR) is 65.0 cm³/mol. The Balaban J connectivity index is 2.59. The Morgan fingerprint density at radius 1 is 1.07 bits per heavy atom. The summed E-state index contributed by atoms with van der Waals surface area (Å²) in [4.78, 5) is 3.38. The monoisotopic (exact) mass is 196 g/mol. The van der Waals surface area contributed by atoms with Crippen LogP contribution in [0.3, 0.4) is 0 Å². The van der Waals surface area contributed by atoms with Crippen LogP contribution in [0.4, 0.5) is 5.69 Å². The van der Waals surface area contributed by atoms with Gasteiger partial charge in [0.15, 0.2) is 0 Å². The van der Waals surface area contributed by atoms with Crippen molar-refractivity contribution in [1.29, 1.82) is 0 Å². The highest BCUT2D eigenvalue weighted by Gasteiger charge is 2.05. The van der Waals surface area contributed by atoms with Gasteiger partial charge in [0.1, 0.15) is 0 Å². The number of nitrogens with one attached hydrogen (secondary N) is 1. The first-order valence-electron chi connectivity index (χ1n) is 5.02. The lowest BCUT2D eigenvalue weighted by molar-refractivity contribution is 1.51. The van der Waals surface area contributed by atoms with Crippen LogP contribution in [0.2, 0.25) is 0 Å². The minimum Gasteiger partial charge on any atom is -0.399 e. The quantitative estimate of drug-likeness (QED) is 0.532. The van der Waals surface area contributed by atoms with Crippen molar-refractivity contribution in [1.82, 2.24) is 4.98 Å². The van der Waals surface area contributed by atoms with E-state index in [2.05, 4.69) is 36.2 Å². The van der Waals surface area contributed by atoms with E-state index in [0.717, 1.165) is 11.2 Å². The number of anilines is 1. The van der Waals surface area contributed by atoms with Gasteiger partial charge in [0, 0.05) is 27.5 Å². The van der Waals surface area contributed by atoms with Crippen LogP contribution in [0.15, 0.2) is 36.4 Å². The summed E-state index contributed by atoms with van der Waals surface area (Å²) in [5.74, 6) is 0. The van der Waals surface area contributed by atoms with E-state index in [-0.39, 0.29) is 0 Å². The average Bonchev–Trinajstić information content (AvgIpc) is 2.56. The van der Waals surface area contributed by atoms with Gasteiger partial charge < -0.3 is 10.7 Å². The molecule has 0 spiro atoms. The molecule has 0 saturated carbocycles. The van der Waals surface area contributed by atoms with E-state index in [4.69, 9.17) is 5.73 Å². The van der Waals surface area contributed by atoms with E-state index in [1.54, 1.807) is 0 Å². The van der Waals surface area contributed by atoms with Gasteiger partial charge in [0.2, 0.25) is 0 Å². The summed E-state index contributed by atoms with van der Waals surface area (Å²) in [6.45, 7) is 2.13. The van der Waals surface area contributed by atoms with E-state index in [0.29, 0.717) is 0 Å². The maximum Gasteiger partial charge on any atom is 0.0485 e. The molecule has 2 nitrogen and oxygen atoms in total. The van der Waals surface area contributed by atoms with Crippen LogP contribution in [0, 0.1) is 6.92 Å². The topological polar surface area (TPSA) is 41.8 Å². The Hall–Kier alpha value is -1.96. The van der Waals surface area contributed by atoms with Gasteiger partial charge in [-0.25, -0.2) is 0 Å². The Kier molecular flexibility index (Phi) is 1.54. The molecule has 1 aromatic heterocycles. The fraction of sp³-hybridized carbons (Fsp3) is 0.0769. The van der Waals surface area contributed by atoms with Crippen molar-refractivity contribution in [2.75, 3.05) is 5.73 Å². The van der Waals surface area contributed by atoms with E-state index in [9.17, 15) is 0 Å². The van der Waals surface area contributed by atoms with Crippen LogP contribution in [0.1, 0.15) is 5.56 Å². The third-order valence-corrected chi connectivity index (χ3v) is 2.86. The molecule has 0 fully saturated rings. The molecule has 74 valence electrons. The standard InChI is InChI=1S/C13H12N2/c1-8-3-2-4-11-13(8)10-6-5-9(14)7-12(10)15-11/h2-7,15H,14H2,1H3. The lowest BCUT2D eigenvalue weighted by atomic mass is 10.1. The normalized spacial score (nSPS) is 11.3. The molecule has 2 aromatic carbocycles. The third-order valence-electron chi connectivity index (χ3n) is 2.86. The highest BCUT2D eigenvalue weighted by atomic mass is 14.7. The van der Waals surface area contributed by atoms with Gasteiger partial charge in [-0.2, -0.15) is 0 Å². The number of hydrogen-bond acceptors (Lipinski definition) is 1. The second kappa shape index (κ2) is 2.76. The molecule has 1 heterocycles. The number of H-pyrrole nitrogens is 1. The lowest BCUT2D eigenvalue weighted by Crippen LogP contribution is -1.82. The molecule has 3 aromatic rings. The largest absolute Gasteiger partial charge is 0.399 e. The fourth-order valence-corrected chi connectivity index (χ4v) is 2.16. The number of benzene rings is 2. The van der Waals surface area contributed by atoms with Crippen molar-refractivity contribution in [3.63, 3.8) is 0 Å². The van der Waals surface area contributed by atoms with Crippen molar-refractivity contribution in [3.05, 3.63) is 42.0 Å². The zero-order valence-corrected chi connectivity index (χ0v) is 8.54. The average molecular weight is 196 g/mol. The van der Waals surface area contributed by atoms with E-state index in [1.165, 1.54) is 21.9 Å². The second-order valence-electron chi connectivity index (χ2n) is 3.93. The van der Waals surface area contributed by atoms with Crippen LogP contribution in [0.25, 0.3) is 21.8 Å². The summed E-state index contributed by atoms with van der Waals surface area (Å²) in [6.07, 6.45) is 0. The molecule has 3 N–H and O–H groups in total. The molecule has 3 rings (SSSR count). The Bertz CT molecular complexity index is 650. The molecule has 0 atom stereocenters. The van der Waals surface area contributed by atoms with Crippen molar-refractivity contribution in [2.24, 2.45) is 0 Å². The number of aromatic nitrogens is 1. The lowest BCUT2D eigenvalue weighted by Gasteiger charge is -1.96. The summed E-state index contributed by atoms with van der Waals surface area (Å²) < 4.78 is 0. The zero-order chi connectivity index (χ0) is 10.4. The van der Waals surface area contributed by atoms with Crippen LogP contribution >= 0.6 is 0 Å². The fourth-order valence-electron chi connectivity index (χ4n) is 2.16. The van der Waals surface area contributed by atoms with E-state index in [1.807, 2.05) is 12.1 Å². The number of hydrogen-bond donors (Lipinski definition) is 2. The van der Waals surface area contributed by atoms with E-state index >= 15 is 0 Å². The maximum absolute atomic E-state index is 5.76. The van der Waals surface area contributed by atoms with Gasteiger partial charge in [-0.15, -0.1) is 0 Å². The SMILES string of the molecule is Cc1cccc2[nH]c3cc(N)ccc3c12. The highest BCUT2D eigenvalue weighted by Crippen LogP contribution is 2.28. The van der Waals surface area contributed by atoms with Crippen LogP contribution in [-0.4, -0.2) is 4.98 Å². The first-order chi connectivity index (χ1) is 7.25. The summed E-state index contributed by atoms with van der Waals surface area (Å²) >= 11 is 0. The summed E-state index contributed by atoms with van der Waals surface area (Å²) in [6, 6.07) is 12.3. The Morgan fingerprint density at radius 2 is 1.93 bits per heavy atom. The summed E-state index contributed by atoms with van der Waals surface area (Å²) in [7, 11) is 0. The zero-order valence-electron chi connectivity index (χ0n) is 8.54. The minimum atomic E-state index is 0.798. The van der Waals surface area contributed by atoms with Gasteiger partial charge in [0.05, 0.1) is 0 Å². The van der Waals surface area contributed by atoms with Gasteiger partial charge in [-0.1, -0.05) is 18.2 Å². The predicted octanol–water partition coefficient (Wildman–Crippen LogP) is 3.21. The van der Waals surface area contributed by atoms with E-state index < -0.39 is 0 Å². The van der Waals surface area contributed by atoms with Crippen LogP contribution in [0.5, 0.6) is 0 Å². The summed E-state index contributed by atoms with van der Waals surface area (Å²) in [5, 5.41) is 2.55. The van der Waals surface area contributed by atoms with Crippen molar-refractivity contribution >= 4 is 27.5 Å². The molecule has 0 bridgehead atoms. The first-order valence-corrected chi connectivity index (χ1v) is 5.02. The summed E-state index contributed by atoms with van der Waals surface area (Å²) in [5.41, 5.74) is 10.1. The molecule has 0 radical (unpaired) electrons. The number of fused-ring (bicyclic) bond motifs is 3. The second-order valence-corrected chi connectivity index (χ2v) is 3.93. The molecular formula is C13H12N2. The van der Waals surface area contributed by atoms with Gasteiger partial charge >= 0.3 is 0 Å². The smallest absolute Gasteiger partial charge is 0.0485 e. The molecule has 0 unspecified atom stereocenters. The van der Waals surface area contributed by atoms with Crippen molar-refractivity contribution in [2.45, 2.75) is 6.92 Å². The Labute approximate surface area is 87.7 Å². The number of nitrogen functional groups attached to an aromatic ring is 1. The van der Waals surface area contributed by atoms with Gasteiger partial charge in [-0.3, -0.25) is 0 Å². The number of aryl methyl sites for hydroxylation is 1. The molecule has 0 aliphatic carbocycles. The Morgan fingerprint density at radius 3 is 2.80 bits per heavy atom. The molecule has 2 heteroatoms. The van der Waals surface area contributed by atoms with Crippen LogP contribution < -0.4 is 5.73 Å². The minimum absolute atomic E-state index is 0.798. The number of rotatable bonds is 0. The maximum atomic E-state index is 5.76. The van der Waals surface area contributed by atoms with Crippen molar-refractivity contribution in [3.8, 4) is 0 Å². The molecule has 0 aliphatic rings. The highest BCUT2D eigenvalue weighted by molar-refractivity contribution is 6.09. The third kappa shape index (κ3) is 1.11. The van der Waals surface area contributed by atoms with Gasteiger partial charge in [-0.05, 0) is 30.7 Å².